The summed E-state index contributed by atoms with van der Waals surface area (Å²) in [6.07, 6.45) is 0. The molecule has 0 atom stereocenters. The summed E-state index contributed by atoms with van der Waals surface area (Å²) >= 11 is 0. The van der Waals surface area contributed by atoms with Gasteiger partial charge in [-0.1, -0.05) is 13.0 Å². The molecule has 1 aromatic rings. The molecule has 6 heteroatoms. The fourth-order valence-electron chi connectivity index (χ4n) is 2.08. The molecule has 0 aliphatic carbocycles. The van der Waals surface area contributed by atoms with Crippen LogP contribution in [-0.4, -0.2) is 36.5 Å². The highest BCUT2D eigenvalue weighted by molar-refractivity contribution is 7.89. The molecule has 0 amide bonds. The minimum atomic E-state index is -3.72. The average Bonchev–Trinajstić information content (AvgIpc) is 2.29. The molecular weight excluding hydrogens is 276 g/mol. The van der Waals surface area contributed by atoms with Gasteiger partial charge in [-0.25, -0.2) is 8.42 Å². The molecule has 20 heavy (non-hydrogen) atoms. The van der Waals surface area contributed by atoms with Crippen molar-refractivity contribution in [2.24, 2.45) is 0 Å². The maximum atomic E-state index is 12.8. The van der Waals surface area contributed by atoms with Crippen LogP contribution in [0.4, 0.5) is 5.69 Å². The van der Waals surface area contributed by atoms with Crippen LogP contribution < -0.4 is 5.73 Å². The van der Waals surface area contributed by atoms with Crippen LogP contribution in [0.5, 0.6) is 0 Å². The van der Waals surface area contributed by atoms with Gasteiger partial charge in [0.2, 0.25) is 10.0 Å². The molecule has 0 saturated heterocycles. The number of sulfonamides is 1. The minimum absolute atomic E-state index is 0.0264. The zero-order valence-corrected chi connectivity index (χ0v) is 13.6. The van der Waals surface area contributed by atoms with Gasteiger partial charge in [-0.3, -0.25) is 0 Å². The minimum Gasteiger partial charge on any atom is -0.398 e. The molecular formula is C14H24N2O3S. The zero-order valence-electron chi connectivity index (χ0n) is 12.8. The summed E-state index contributed by atoms with van der Waals surface area (Å²) in [5, 5.41) is 9.89. The molecule has 0 spiro atoms. The maximum absolute atomic E-state index is 12.8. The van der Waals surface area contributed by atoms with E-state index in [-0.39, 0.29) is 23.7 Å². The Balaban J connectivity index is 3.39. The summed E-state index contributed by atoms with van der Waals surface area (Å²) < 4.78 is 26.8. The Morgan fingerprint density at radius 3 is 2.30 bits per heavy atom. The fraction of sp³-hybridized carbons (Fsp3) is 0.571. The molecule has 0 unspecified atom stereocenters. The van der Waals surface area contributed by atoms with Gasteiger partial charge >= 0.3 is 0 Å². The van der Waals surface area contributed by atoms with E-state index in [1.54, 1.807) is 39.8 Å². The topological polar surface area (TPSA) is 83.6 Å². The number of anilines is 1. The number of hydrogen-bond acceptors (Lipinski definition) is 4. The molecule has 0 aromatic heterocycles. The van der Waals surface area contributed by atoms with Crippen molar-refractivity contribution in [1.82, 2.24) is 4.31 Å². The molecule has 0 bridgehead atoms. The van der Waals surface area contributed by atoms with E-state index < -0.39 is 15.6 Å². The van der Waals surface area contributed by atoms with Crippen LogP contribution in [0.25, 0.3) is 0 Å². The van der Waals surface area contributed by atoms with Crippen molar-refractivity contribution >= 4 is 15.7 Å². The standard InChI is InChI=1S/C14H24N2O3S/c1-6-16(9-14(4,5)17)20(18,19)13-11(3)10(2)7-8-12(13)15/h7-8,17H,6,9,15H2,1-5H3. The van der Waals surface area contributed by atoms with Gasteiger partial charge in [0.15, 0.2) is 0 Å². The summed E-state index contributed by atoms with van der Waals surface area (Å²) in [6, 6.07) is 3.41. The Labute approximate surface area is 121 Å². The third kappa shape index (κ3) is 3.50. The summed E-state index contributed by atoms with van der Waals surface area (Å²) in [6.45, 7) is 8.80. The number of likely N-dealkylation sites (N-methyl/N-ethyl adjacent to an activating group) is 1. The molecule has 5 nitrogen and oxygen atoms in total. The van der Waals surface area contributed by atoms with Crippen molar-refractivity contribution in [2.45, 2.75) is 45.1 Å². The summed E-state index contributed by atoms with van der Waals surface area (Å²) in [5.74, 6) is 0. The Hall–Kier alpha value is -1.11. The first-order valence-electron chi connectivity index (χ1n) is 6.59. The molecule has 1 rings (SSSR count). The van der Waals surface area contributed by atoms with Crippen molar-refractivity contribution in [3.63, 3.8) is 0 Å². The fourth-order valence-corrected chi connectivity index (χ4v) is 4.08. The number of rotatable bonds is 5. The summed E-state index contributed by atoms with van der Waals surface area (Å²) in [4.78, 5) is 0.142. The maximum Gasteiger partial charge on any atom is 0.245 e. The predicted molar refractivity (Wildman–Crippen MR) is 81.1 cm³/mol. The monoisotopic (exact) mass is 300 g/mol. The average molecular weight is 300 g/mol. The van der Waals surface area contributed by atoms with Crippen molar-refractivity contribution in [2.75, 3.05) is 18.8 Å². The first-order valence-corrected chi connectivity index (χ1v) is 8.03. The van der Waals surface area contributed by atoms with E-state index in [0.29, 0.717) is 5.56 Å². The summed E-state index contributed by atoms with van der Waals surface area (Å²) in [5.41, 5.74) is 6.53. The second-order valence-corrected chi connectivity index (χ2v) is 7.54. The third-order valence-electron chi connectivity index (χ3n) is 3.22. The molecule has 0 saturated carbocycles. The lowest BCUT2D eigenvalue weighted by Crippen LogP contribution is -2.42. The lowest BCUT2D eigenvalue weighted by atomic mass is 10.1. The third-order valence-corrected chi connectivity index (χ3v) is 5.35. The van der Waals surface area contributed by atoms with Crippen LogP contribution in [0.1, 0.15) is 31.9 Å². The van der Waals surface area contributed by atoms with Gasteiger partial charge < -0.3 is 10.8 Å². The lowest BCUT2D eigenvalue weighted by molar-refractivity contribution is 0.0601. The van der Waals surface area contributed by atoms with Gasteiger partial charge in [-0.2, -0.15) is 4.31 Å². The van der Waals surface area contributed by atoms with Crippen LogP contribution in [0, 0.1) is 13.8 Å². The van der Waals surface area contributed by atoms with Gasteiger partial charge in [-0.05, 0) is 44.9 Å². The van der Waals surface area contributed by atoms with Crippen molar-refractivity contribution < 1.29 is 13.5 Å². The Bertz CT molecular complexity index is 589. The van der Waals surface area contributed by atoms with Crippen LogP contribution in [-0.2, 0) is 10.0 Å². The zero-order chi connectivity index (χ0) is 15.7. The number of nitrogens with zero attached hydrogens (tertiary/aromatic N) is 1. The van der Waals surface area contributed by atoms with Crippen LogP contribution in [0.15, 0.2) is 17.0 Å². The number of nitrogen functional groups attached to an aromatic ring is 1. The van der Waals surface area contributed by atoms with Crippen molar-refractivity contribution in [3.05, 3.63) is 23.3 Å². The molecule has 0 heterocycles. The van der Waals surface area contributed by atoms with Crippen molar-refractivity contribution in [1.29, 1.82) is 0 Å². The Morgan fingerprint density at radius 1 is 1.30 bits per heavy atom. The number of aliphatic hydroxyl groups is 1. The van der Waals surface area contributed by atoms with Crippen molar-refractivity contribution in [3.8, 4) is 0 Å². The van der Waals surface area contributed by atoms with Gasteiger partial charge in [0.25, 0.3) is 0 Å². The van der Waals surface area contributed by atoms with Crippen LogP contribution in [0.2, 0.25) is 0 Å². The molecule has 0 fully saturated rings. The number of nitrogens with two attached hydrogens (primary N) is 1. The molecule has 1 aromatic carbocycles. The SMILES string of the molecule is CCN(CC(C)(C)O)S(=O)(=O)c1c(N)ccc(C)c1C. The number of aryl methyl sites for hydroxylation is 1. The Morgan fingerprint density at radius 2 is 1.85 bits per heavy atom. The first-order chi connectivity index (χ1) is 9.00. The second-order valence-electron chi connectivity index (χ2n) is 5.67. The second kappa shape index (κ2) is 5.71. The van der Waals surface area contributed by atoms with Gasteiger partial charge in [0.05, 0.1) is 11.3 Å². The van der Waals surface area contributed by atoms with Gasteiger partial charge in [-0.15, -0.1) is 0 Å². The van der Waals surface area contributed by atoms with Gasteiger partial charge in [0.1, 0.15) is 4.90 Å². The van der Waals surface area contributed by atoms with E-state index in [1.807, 2.05) is 6.92 Å². The highest BCUT2D eigenvalue weighted by Crippen LogP contribution is 2.28. The lowest BCUT2D eigenvalue weighted by Gasteiger charge is -2.28. The van der Waals surface area contributed by atoms with Crippen LogP contribution >= 0.6 is 0 Å². The molecule has 0 aliphatic heterocycles. The van der Waals surface area contributed by atoms with E-state index >= 15 is 0 Å². The number of hydrogen-bond donors (Lipinski definition) is 2. The van der Waals surface area contributed by atoms with E-state index in [0.717, 1.165) is 5.56 Å². The quantitative estimate of drug-likeness (QED) is 0.810. The summed E-state index contributed by atoms with van der Waals surface area (Å²) in [7, 11) is -3.72. The van der Waals surface area contributed by atoms with E-state index in [4.69, 9.17) is 5.73 Å². The smallest absolute Gasteiger partial charge is 0.245 e. The first kappa shape index (κ1) is 16.9. The van der Waals surface area contributed by atoms with E-state index in [9.17, 15) is 13.5 Å². The normalized spacial score (nSPS) is 12.9. The predicted octanol–water partition coefficient (Wildman–Crippen LogP) is 1.67. The largest absolute Gasteiger partial charge is 0.398 e. The Kier molecular flexibility index (Phi) is 4.84. The highest BCUT2D eigenvalue weighted by atomic mass is 32.2. The highest BCUT2D eigenvalue weighted by Gasteiger charge is 2.31. The molecule has 3 N–H and O–H groups in total. The molecule has 114 valence electrons. The molecule has 0 aliphatic rings. The van der Waals surface area contributed by atoms with Crippen LogP contribution in [0.3, 0.4) is 0 Å². The number of benzene rings is 1. The molecule has 0 radical (unpaired) electrons. The van der Waals surface area contributed by atoms with E-state index in [1.165, 1.54) is 4.31 Å². The van der Waals surface area contributed by atoms with E-state index in [2.05, 4.69) is 0 Å². The van der Waals surface area contributed by atoms with Gasteiger partial charge in [0, 0.05) is 13.1 Å².